The molecule has 0 atom stereocenters. The summed E-state index contributed by atoms with van der Waals surface area (Å²) in [5, 5.41) is 9.89. The Kier molecular flexibility index (Phi) is 5.37. The molecule has 6 nitrogen and oxygen atoms in total. The molecule has 0 spiro atoms. The summed E-state index contributed by atoms with van der Waals surface area (Å²) >= 11 is 0. The fourth-order valence-electron chi connectivity index (χ4n) is 3.27. The number of hydrogen-bond acceptors (Lipinski definition) is 3. The van der Waals surface area contributed by atoms with Gasteiger partial charge >= 0.3 is 0 Å². The van der Waals surface area contributed by atoms with E-state index in [1.807, 2.05) is 41.1 Å². The molecule has 0 saturated carbocycles. The number of rotatable bonds is 4. The lowest BCUT2D eigenvalue weighted by Gasteiger charge is -2.33. The van der Waals surface area contributed by atoms with Gasteiger partial charge in [0.1, 0.15) is 0 Å². The predicted octanol–water partition coefficient (Wildman–Crippen LogP) is 2.26. The van der Waals surface area contributed by atoms with Gasteiger partial charge in [0, 0.05) is 68.4 Å². The number of benzene rings is 1. The zero-order valence-corrected chi connectivity index (χ0v) is 14.9. The Morgan fingerprint density at radius 2 is 1.85 bits per heavy atom. The van der Waals surface area contributed by atoms with E-state index in [1.165, 1.54) is 0 Å². The van der Waals surface area contributed by atoms with Gasteiger partial charge in [-0.05, 0) is 12.1 Å². The molecule has 0 radical (unpaired) electrons. The Morgan fingerprint density at radius 3 is 2.54 bits per heavy atom. The average Bonchev–Trinajstić information content (AvgIpc) is 3.02. The number of hydrogen-bond donors (Lipinski definition) is 0. The zero-order valence-electron chi connectivity index (χ0n) is 14.9. The molecule has 0 unspecified atom stereocenters. The van der Waals surface area contributed by atoms with Gasteiger partial charge in [-0.2, -0.15) is 5.26 Å². The number of carbonyl (C=O) groups excluding carboxylic acids is 2. The lowest BCUT2D eigenvalue weighted by Crippen LogP contribution is -2.49. The van der Waals surface area contributed by atoms with Gasteiger partial charge in [0.2, 0.25) is 11.8 Å². The minimum Gasteiger partial charge on any atom is -0.346 e. The van der Waals surface area contributed by atoms with Gasteiger partial charge in [-0.15, -0.1) is 0 Å². The molecule has 26 heavy (non-hydrogen) atoms. The fraction of sp³-hybridized carbons (Fsp3) is 0.350. The molecule has 2 heterocycles. The van der Waals surface area contributed by atoms with E-state index in [1.54, 1.807) is 22.8 Å². The van der Waals surface area contributed by atoms with E-state index in [0.717, 1.165) is 16.5 Å². The maximum Gasteiger partial charge on any atom is 0.246 e. The van der Waals surface area contributed by atoms with Crippen LogP contribution in [0.2, 0.25) is 0 Å². The molecule has 1 aromatic carbocycles. The smallest absolute Gasteiger partial charge is 0.246 e. The van der Waals surface area contributed by atoms with E-state index < -0.39 is 0 Å². The van der Waals surface area contributed by atoms with E-state index in [9.17, 15) is 9.59 Å². The summed E-state index contributed by atoms with van der Waals surface area (Å²) in [7, 11) is 0. The van der Waals surface area contributed by atoms with Gasteiger partial charge in [-0.1, -0.05) is 18.2 Å². The number of nitriles is 1. The van der Waals surface area contributed by atoms with Crippen LogP contribution in [-0.2, 0) is 16.1 Å². The molecule has 1 aliphatic heterocycles. The Balaban J connectivity index is 1.73. The highest BCUT2D eigenvalue weighted by Crippen LogP contribution is 2.23. The first kappa shape index (κ1) is 17.7. The molecular formula is C20H22N4O2. The minimum atomic E-state index is -0.0398. The van der Waals surface area contributed by atoms with E-state index >= 15 is 0 Å². The summed E-state index contributed by atoms with van der Waals surface area (Å²) in [4.78, 5) is 27.4. The van der Waals surface area contributed by atoms with Crippen LogP contribution in [-0.4, -0.2) is 52.4 Å². The van der Waals surface area contributed by atoms with Crippen molar-refractivity contribution in [3.8, 4) is 6.07 Å². The number of nitrogens with zero attached hydrogens (tertiary/aromatic N) is 4. The highest BCUT2D eigenvalue weighted by Gasteiger charge is 2.20. The monoisotopic (exact) mass is 350 g/mol. The third-order valence-corrected chi connectivity index (χ3v) is 4.73. The Bertz CT molecular complexity index is 883. The lowest BCUT2D eigenvalue weighted by atomic mass is 10.1. The number of carbonyl (C=O) groups is 2. The van der Waals surface area contributed by atoms with Crippen LogP contribution in [0, 0.1) is 11.3 Å². The summed E-state index contributed by atoms with van der Waals surface area (Å²) in [6.45, 7) is 4.48. The summed E-state index contributed by atoms with van der Waals surface area (Å²) in [6, 6.07) is 10.1. The molecule has 3 rings (SSSR count). The molecule has 2 amide bonds. The normalized spacial score (nSPS) is 14.8. The average molecular weight is 350 g/mol. The first-order valence-electron chi connectivity index (χ1n) is 8.77. The Labute approximate surface area is 152 Å². The maximum absolute atomic E-state index is 12.4. The SMILES string of the molecule is CC(=O)N1CCN(C(=O)/C=C/c2cn(CCC#N)c3ccccc23)CC1. The third-order valence-electron chi connectivity index (χ3n) is 4.73. The van der Waals surface area contributed by atoms with Crippen molar-refractivity contribution >= 4 is 28.8 Å². The second-order valence-electron chi connectivity index (χ2n) is 6.37. The minimum absolute atomic E-state index is 0.0398. The van der Waals surface area contributed by atoms with Crippen molar-refractivity contribution in [2.24, 2.45) is 0 Å². The number of aryl methyl sites for hydroxylation is 1. The largest absolute Gasteiger partial charge is 0.346 e. The summed E-state index contributed by atoms with van der Waals surface area (Å²) in [6.07, 6.45) is 5.87. The third kappa shape index (κ3) is 3.77. The van der Waals surface area contributed by atoms with E-state index in [-0.39, 0.29) is 11.8 Å². The first-order chi connectivity index (χ1) is 12.6. The van der Waals surface area contributed by atoms with Crippen molar-refractivity contribution in [1.82, 2.24) is 14.4 Å². The molecule has 0 bridgehead atoms. The van der Waals surface area contributed by atoms with E-state index in [2.05, 4.69) is 6.07 Å². The standard InChI is InChI=1S/C20H22N4O2/c1-16(25)22-11-13-23(14-12-22)20(26)8-7-17-15-24(10-4-9-21)19-6-3-2-5-18(17)19/h2-3,5-8,15H,4,10-14H2,1H3/b8-7+. The number of para-hydroxylation sites is 1. The van der Waals surface area contributed by atoms with Crippen LogP contribution < -0.4 is 0 Å². The molecule has 0 aliphatic carbocycles. The predicted molar refractivity (Wildman–Crippen MR) is 100 cm³/mol. The van der Waals surface area contributed by atoms with Crippen LogP contribution in [0.3, 0.4) is 0 Å². The van der Waals surface area contributed by atoms with Crippen molar-refractivity contribution < 1.29 is 9.59 Å². The van der Waals surface area contributed by atoms with Crippen LogP contribution in [0.25, 0.3) is 17.0 Å². The van der Waals surface area contributed by atoms with Crippen molar-refractivity contribution in [2.45, 2.75) is 19.9 Å². The molecular weight excluding hydrogens is 328 g/mol. The molecule has 2 aromatic rings. The van der Waals surface area contributed by atoms with Crippen LogP contribution in [0.4, 0.5) is 0 Å². The number of amides is 2. The lowest BCUT2D eigenvalue weighted by molar-refractivity contribution is -0.135. The van der Waals surface area contributed by atoms with E-state index in [4.69, 9.17) is 5.26 Å². The highest BCUT2D eigenvalue weighted by atomic mass is 16.2. The van der Waals surface area contributed by atoms with E-state index in [0.29, 0.717) is 39.1 Å². The highest BCUT2D eigenvalue weighted by molar-refractivity contribution is 5.96. The topological polar surface area (TPSA) is 69.3 Å². The Morgan fingerprint density at radius 1 is 1.15 bits per heavy atom. The number of aromatic nitrogens is 1. The molecule has 1 fully saturated rings. The quantitative estimate of drug-likeness (QED) is 0.794. The van der Waals surface area contributed by atoms with Gasteiger partial charge in [0.15, 0.2) is 0 Å². The molecule has 134 valence electrons. The molecule has 1 aliphatic rings. The molecule has 1 saturated heterocycles. The van der Waals surface area contributed by atoms with Crippen molar-refractivity contribution in [3.63, 3.8) is 0 Å². The van der Waals surface area contributed by atoms with Crippen molar-refractivity contribution in [2.75, 3.05) is 26.2 Å². The van der Waals surface area contributed by atoms with Gasteiger partial charge in [0.25, 0.3) is 0 Å². The maximum atomic E-state index is 12.4. The van der Waals surface area contributed by atoms with Gasteiger partial charge in [-0.3, -0.25) is 9.59 Å². The van der Waals surface area contributed by atoms with Crippen molar-refractivity contribution in [3.05, 3.63) is 42.1 Å². The molecule has 0 N–H and O–H groups in total. The number of fused-ring (bicyclic) bond motifs is 1. The number of piperazine rings is 1. The second-order valence-corrected chi connectivity index (χ2v) is 6.37. The van der Waals surface area contributed by atoms with Crippen LogP contribution in [0.15, 0.2) is 36.5 Å². The summed E-state index contributed by atoms with van der Waals surface area (Å²) in [5.74, 6) is 0.0138. The van der Waals surface area contributed by atoms with Gasteiger partial charge in [0.05, 0.1) is 12.5 Å². The van der Waals surface area contributed by atoms with Crippen molar-refractivity contribution in [1.29, 1.82) is 5.26 Å². The van der Waals surface area contributed by atoms with Crippen LogP contribution in [0.5, 0.6) is 0 Å². The summed E-state index contributed by atoms with van der Waals surface area (Å²) in [5.41, 5.74) is 2.03. The first-order valence-corrected chi connectivity index (χ1v) is 8.77. The summed E-state index contributed by atoms with van der Waals surface area (Å²) < 4.78 is 2.05. The zero-order chi connectivity index (χ0) is 18.5. The van der Waals surface area contributed by atoms with Gasteiger partial charge < -0.3 is 14.4 Å². The van der Waals surface area contributed by atoms with Gasteiger partial charge in [-0.25, -0.2) is 0 Å². The van der Waals surface area contributed by atoms with Crippen LogP contribution >= 0.6 is 0 Å². The molecule has 6 heteroatoms. The Hall–Kier alpha value is -3.07. The van der Waals surface area contributed by atoms with Crippen LogP contribution in [0.1, 0.15) is 18.9 Å². The second kappa shape index (κ2) is 7.87. The molecule has 1 aromatic heterocycles. The fourth-order valence-corrected chi connectivity index (χ4v) is 3.27.